The number of phenols is 2. The summed E-state index contributed by atoms with van der Waals surface area (Å²) in [5, 5.41) is 19.8. The predicted octanol–water partition coefficient (Wildman–Crippen LogP) is 3.73. The van der Waals surface area contributed by atoms with Crippen molar-refractivity contribution < 1.29 is 14.9 Å². The van der Waals surface area contributed by atoms with E-state index in [4.69, 9.17) is 4.74 Å². The predicted molar refractivity (Wildman–Crippen MR) is 71.9 cm³/mol. The van der Waals surface area contributed by atoms with Gasteiger partial charge in [0.15, 0.2) is 0 Å². The zero-order valence-corrected chi connectivity index (χ0v) is 11.0. The van der Waals surface area contributed by atoms with Crippen LogP contribution >= 0.6 is 15.9 Å². The summed E-state index contributed by atoms with van der Waals surface area (Å²) in [6.45, 7) is 0. The number of phenolic OH excluding ortho intramolecular Hbond substituents is 2. The maximum absolute atomic E-state index is 9.51. The molecule has 3 rings (SSSR count). The van der Waals surface area contributed by atoms with Crippen LogP contribution in [-0.2, 0) is 0 Å². The first-order valence-corrected chi connectivity index (χ1v) is 6.71. The van der Waals surface area contributed by atoms with Gasteiger partial charge < -0.3 is 14.9 Å². The third kappa shape index (κ3) is 1.73. The largest absolute Gasteiger partial charge is 0.508 e. The number of fused-ring (bicyclic) bond motifs is 2. The highest BCUT2D eigenvalue weighted by molar-refractivity contribution is 9.09. The van der Waals surface area contributed by atoms with Crippen LogP contribution in [0.3, 0.4) is 0 Å². The van der Waals surface area contributed by atoms with Gasteiger partial charge in [0.2, 0.25) is 0 Å². The van der Waals surface area contributed by atoms with Crippen LogP contribution in [-0.4, -0.2) is 15.5 Å². The molecule has 0 fully saturated rings. The van der Waals surface area contributed by atoms with Crippen LogP contribution in [0.25, 0.3) is 0 Å². The molecule has 0 atom stereocenters. The van der Waals surface area contributed by atoms with Crippen LogP contribution in [0, 0.1) is 0 Å². The van der Waals surface area contributed by atoms with Gasteiger partial charge in [0.25, 0.3) is 0 Å². The summed E-state index contributed by atoms with van der Waals surface area (Å²) in [6, 6.07) is 10.2. The zero-order chi connectivity index (χ0) is 12.7. The third-order valence-corrected chi connectivity index (χ3v) is 3.77. The second-order valence-electron chi connectivity index (χ2n) is 4.25. The highest BCUT2D eigenvalue weighted by atomic mass is 79.9. The van der Waals surface area contributed by atoms with E-state index in [1.807, 2.05) is 12.1 Å². The van der Waals surface area contributed by atoms with Gasteiger partial charge >= 0.3 is 0 Å². The van der Waals surface area contributed by atoms with E-state index in [2.05, 4.69) is 15.9 Å². The Morgan fingerprint density at radius 2 is 1.44 bits per heavy atom. The number of aromatic hydroxyl groups is 2. The molecule has 1 aliphatic heterocycles. The van der Waals surface area contributed by atoms with Crippen LogP contribution in [0.4, 0.5) is 0 Å². The molecule has 0 amide bonds. The average molecular weight is 307 g/mol. The molecule has 1 heterocycles. The first-order valence-electron chi connectivity index (χ1n) is 5.58. The van der Waals surface area contributed by atoms with Crippen molar-refractivity contribution in [2.45, 2.75) is 5.92 Å². The summed E-state index contributed by atoms with van der Waals surface area (Å²) in [4.78, 5) is 0. The molecule has 3 nitrogen and oxygen atoms in total. The Hall–Kier alpha value is -1.68. The number of hydrogen-bond donors (Lipinski definition) is 2. The molecular weight excluding hydrogens is 296 g/mol. The summed E-state index contributed by atoms with van der Waals surface area (Å²) in [6.07, 6.45) is 0. The lowest BCUT2D eigenvalue weighted by molar-refractivity contribution is 0.427. The molecule has 18 heavy (non-hydrogen) atoms. The Bertz CT molecular complexity index is 558. The molecule has 0 bridgehead atoms. The van der Waals surface area contributed by atoms with Gasteiger partial charge in [-0.05, 0) is 12.1 Å². The summed E-state index contributed by atoms with van der Waals surface area (Å²) < 4.78 is 5.73. The van der Waals surface area contributed by atoms with E-state index in [0.29, 0.717) is 11.5 Å². The molecule has 0 aliphatic carbocycles. The third-order valence-electron chi connectivity index (χ3n) is 3.12. The minimum atomic E-state index is 0.157. The van der Waals surface area contributed by atoms with E-state index in [9.17, 15) is 10.2 Å². The lowest BCUT2D eigenvalue weighted by atomic mass is 9.89. The second kappa shape index (κ2) is 4.21. The van der Waals surface area contributed by atoms with Crippen molar-refractivity contribution in [3.8, 4) is 23.0 Å². The van der Waals surface area contributed by atoms with Crippen LogP contribution in [0.1, 0.15) is 17.0 Å². The number of halogens is 1. The standard InChI is InChI=1S/C14H11BrO3/c15-7-12-10-3-1-8(16)5-13(10)18-14-6-9(17)2-4-11(12)14/h1-6,12,16-17H,7H2. The van der Waals surface area contributed by atoms with Crippen LogP contribution in [0.15, 0.2) is 36.4 Å². The summed E-state index contributed by atoms with van der Waals surface area (Å²) >= 11 is 3.51. The Morgan fingerprint density at radius 1 is 0.944 bits per heavy atom. The Morgan fingerprint density at radius 3 is 1.89 bits per heavy atom. The van der Waals surface area contributed by atoms with Crippen LogP contribution in [0.2, 0.25) is 0 Å². The van der Waals surface area contributed by atoms with Gasteiger partial charge in [-0.2, -0.15) is 0 Å². The molecule has 0 saturated heterocycles. The summed E-state index contributed by atoms with van der Waals surface area (Å²) in [5.74, 6) is 1.77. The van der Waals surface area contributed by atoms with Gasteiger partial charge in [-0.3, -0.25) is 0 Å². The van der Waals surface area contributed by atoms with E-state index in [-0.39, 0.29) is 17.4 Å². The van der Waals surface area contributed by atoms with Gasteiger partial charge in [-0.1, -0.05) is 28.1 Å². The quantitative estimate of drug-likeness (QED) is 0.789. The molecule has 2 N–H and O–H groups in total. The molecule has 2 aromatic rings. The van der Waals surface area contributed by atoms with Gasteiger partial charge in [-0.25, -0.2) is 0 Å². The van der Waals surface area contributed by atoms with E-state index in [1.54, 1.807) is 24.3 Å². The first-order chi connectivity index (χ1) is 8.69. The molecule has 2 aromatic carbocycles. The normalized spacial score (nSPS) is 13.6. The lowest BCUT2D eigenvalue weighted by Crippen LogP contribution is -2.11. The smallest absolute Gasteiger partial charge is 0.134 e. The fraction of sp³-hybridized carbons (Fsp3) is 0.143. The van der Waals surface area contributed by atoms with E-state index < -0.39 is 0 Å². The molecule has 0 unspecified atom stereocenters. The van der Waals surface area contributed by atoms with E-state index >= 15 is 0 Å². The van der Waals surface area contributed by atoms with Crippen molar-refractivity contribution in [3.63, 3.8) is 0 Å². The fourth-order valence-electron chi connectivity index (χ4n) is 2.25. The highest BCUT2D eigenvalue weighted by Crippen LogP contribution is 2.46. The maximum atomic E-state index is 9.51. The first kappa shape index (κ1) is 11.4. The molecule has 0 radical (unpaired) electrons. The Kier molecular flexibility index (Phi) is 2.67. The molecule has 1 aliphatic rings. The molecule has 0 aromatic heterocycles. The fourth-order valence-corrected chi connectivity index (χ4v) is 2.95. The van der Waals surface area contributed by atoms with Crippen molar-refractivity contribution in [1.82, 2.24) is 0 Å². The molecule has 4 heteroatoms. The molecular formula is C14H11BrO3. The van der Waals surface area contributed by atoms with Crippen molar-refractivity contribution in [2.24, 2.45) is 0 Å². The molecule has 0 spiro atoms. The highest BCUT2D eigenvalue weighted by Gasteiger charge is 2.26. The maximum Gasteiger partial charge on any atom is 0.134 e. The minimum absolute atomic E-state index is 0.157. The van der Waals surface area contributed by atoms with Crippen molar-refractivity contribution in [2.75, 3.05) is 5.33 Å². The summed E-state index contributed by atoms with van der Waals surface area (Å²) in [7, 11) is 0. The number of alkyl halides is 1. The number of benzene rings is 2. The van der Waals surface area contributed by atoms with Crippen molar-refractivity contribution >= 4 is 15.9 Å². The van der Waals surface area contributed by atoms with E-state index in [0.717, 1.165) is 16.5 Å². The van der Waals surface area contributed by atoms with E-state index in [1.165, 1.54) is 0 Å². The zero-order valence-electron chi connectivity index (χ0n) is 9.43. The SMILES string of the molecule is Oc1ccc2c(c1)Oc1cc(O)ccc1C2CBr. The average Bonchev–Trinajstić information content (AvgIpc) is 2.35. The summed E-state index contributed by atoms with van der Waals surface area (Å²) in [5.41, 5.74) is 2.06. The molecule has 0 saturated carbocycles. The Balaban J connectivity index is 2.18. The monoisotopic (exact) mass is 306 g/mol. The molecule has 92 valence electrons. The van der Waals surface area contributed by atoms with Crippen LogP contribution < -0.4 is 4.74 Å². The second-order valence-corrected chi connectivity index (χ2v) is 4.90. The van der Waals surface area contributed by atoms with Gasteiger partial charge in [0.1, 0.15) is 23.0 Å². The van der Waals surface area contributed by atoms with Crippen LogP contribution in [0.5, 0.6) is 23.0 Å². The number of rotatable bonds is 1. The van der Waals surface area contributed by atoms with Gasteiger partial charge in [0.05, 0.1) is 0 Å². The Labute approximate surface area is 113 Å². The van der Waals surface area contributed by atoms with Gasteiger partial charge in [-0.15, -0.1) is 0 Å². The minimum Gasteiger partial charge on any atom is -0.508 e. The number of hydrogen-bond acceptors (Lipinski definition) is 3. The number of ether oxygens (including phenoxy) is 1. The van der Waals surface area contributed by atoms with Crippen molar-refractivity contribution in [3.05, 3.63) is 47.5 Å². The van der Waals surface area contributed by atoms with Gasteiger partial charge in [0, 0.05) is 34.5 Å². The lowest BCUT2D eigenvalue weighted by Gasteiger charge is -2.27. The van der Waals surface area contributed by atoms with Crippen molar-refractivity contribution in [1.29, 1.82) is 0 Å². The topological polar surface area (TPSA) is 49.7 Å².